The number of unbranched alkanes of at least 4 members (excludes halogenated alkanes) is 13. The lowest BCUT2D eigenvalue weighted by molar-refractivity contribution is -0.777. The highest BCUT2D eigenvalue weighted by Crippen LogP contribution is 2.35. The first kappa shape index (κ1) is 28.0. The Kier molecular flexibility index (Phi) is 15.8. The Labute approximate surface area is 186 Å². The minimum atomic E-state index is -1.71. The summed E-state index contributed by atoms with van der Waals surface area (Å²) < 4.78 is 64.1. The fourth-order valence-electron chi connectivity index (χ4n) is 3.31. The van der Waals surface area contributed by atoms with Crippen molar-refractivity contribution >= 4 is 12.0 Å². The molecule has 1 aromatic carbocycles. The summed E-state index contributed by atoms with van der Waals surface area (Å²) in [4.78, 5) is -1.16. The Morgan fingerprint density at radius 2 is 1.06 bits per heavy atom. The molecule has 0 atom stereocenters. The third-order valence-electron chi connectivity index (χ3n) is 5.07. The van der Waals surface area contributed by atoms with E-state index < -0.39 is 33.9 Å². The molecular weight excluding hydrogens is 436 g/mol. The van der Waals surface area contributed by atoms with E-state index in [1.165, 1.54) is 57.8 Å². The zero-order valence-electron chi connectivity index (χ0n) is 18.2. The molecule has 0 aliphatic heterocycles. The van der Waals surface area contributed by atoms with E-state index in [-0.39, 0.29) is 18.6 Å². The van der Waals surface area contributed by atoms with Gasteiger partial charge in [0, 0.05) is 0 Å². The fraction of sp³-hybridized carbons (Fsp3) is 0.727. The smallest absolute Gasteiger partial charge is 0.205 e. The lowest BCUT2D eigenvalue weighted by atomic mass is 10.0. The van der Waals surface area contributed by atoms with Crippen LogP contribution in [0.5, 0.6) is 5.75 Å². The Hall–Kier alpha value is -1.03. The molecule has 9 heteroatoms. The van der Waals surface area contributed by atoms with Crippen LogP contribution >= 0.6 is 12.0 Å². The minimum absolute atomic E-state index is 0.0581. The maximum atomic E-state index is 13.9. The molecule has 31 heavy (non-hydrogen) atoms. The lowest BCUT2D eigenvalue weighted by Gasteiger charge is -2.12. The van der Waals surface area contributed by atoms with Gasteiger partial charge in [0.15, 0.2) is 17.4 Å². The molecule has 0 amide bonds. The van der Waals surface area contributed by atoms with Crippen molar-refractivity contribution < 1.29 is 36.9 Å². The van der Waals surface area contributed by atoms with Crippen molar-refractivity contribution in [3.05, 3.63) is 23.3 Å². The van der Waals surface area contributed by atoms with Gasteiger partial charge in [-0.1, -0.05) is 90.4 Å². The van der Waals surface area contributed by atoms with E-state index in [4.69, 9.17) is 4.74 Å². The van der Waals surface area contributed by atoms with Gasteiger partial charge in [-0.25, -0.2) is 8.78 Å². The maximum absolute atomic E-state index is 13.9. The number of ether oxygens (including phenoxy) is 1. The van der Waals surface area contributed by atoms with Crippen LogP contribution in [0.4, 0.5) is 17.6 Å². The van der Waals surface area contributed by atoms with Crippen LogP contribution in [0, 0.1) is 23.3 Å². The third-order valence-corrected chi connectivity index (χ3v) is 5.72. The predicted octanol–water partition coefficient (Wildman–Crippen LogP) is 7.33. The summed E-state index contributed by atoms with van der Waals surface area (Å²) in [6.07, 6.45) is 16.2. The van der Waals surface area contributed by atoms with E-state index in [1.807, 2.05) is 0 Å². The van der Waals surface area contributed by atoms with Crippen molar-refractivity contribution in [1.82, 2.24) is 0 Å². The molecular formula is C22H33F4O4S-. The highest BCUT2D eigenvalue weighted by atomic mass is 32.2. The lowest BCUT2D eigenvalue weighted by Crippen LogP contribution is -2.08. The monoisotopic (exact) mass is 469 g/mol. The van der Waals surface area contributed by atoms with Crippen LogP contribution in [0.2, 0.25) is 0 Å². The molecule has 0 bridgehead atoms. The van der Waals surface area contributed by atoms with Crippen LogP contribution in [0.25, 0.3) is 0 Å². The van der Waals surface area contributed by atoms with Crippen molar-refractivity contribution in [2.45, 2.75) is 102 Å². The first-order valence-electron chi connectivity index (χ1n) is 11.2. The predicted molar refractivity (Wildman–Crippen MR) is 110 cm³/mol. The van der Waals surface area contributed by atoms with Gasteiger partial charge in [0.25, 0.3) is 0 Å². The van der Waals surface area contributed by atoms with E-state index in [1.54, 1.807) is 0 Å². The van der Waals surface area contributed by atoms with E-state index in [0.29, 0.717) is 6.42 Å². The summed E-state index contributed by atoms with van der Waals surface area (Å²) in [5.74, 6) is -7.89. The van der Waals surface area contributed by atoms with Gasteiger partial charge >= 0.3 is 0 Å². The first-order chi connectivity index (χ1) is 15.0. The van der Waals surface area contributed by atoms with Crippen LogP contribution in [0.3, 0.4) is 0 Å². The maximum Gasteiger partial charge on any atom is 0.205 e. The molecule has 0 aliphatic carbocycles. The van der Waals surface area contributed by atoms with Gasteiger partial charge in [0.05, 0.1) is 18.6 Å². The van der Waals surface area contributed by atoms with Gasteiger partial charge in [-0.05, 0) is 6.42 Å². The summed E-state index contributed by atoms with van der Waals surface area (Å²) in [7, 11) is 0. The number of rotatable bonds is 19. The molecule has 180 valence electrons. The molecule has 0 N–H and O–H groups in total. The van der Waals surface area contributed by atoms with Gasteiger partial charge in [-0.15, -0.1) is 0 Å². The SMILES string of the molecule is CCCCCCCCCCCCCCCCOc1c(F)c(F)c(SOO[O-])c(F)c1F. The van der Waals surface area contributed by atoms with Crippen LogP contribution in [0.15, 0.2) is 4.90 Å². The molecule has 0 saturated carbocycles. The third kappa shape index (κ3) is 10.9. The average molecular weight is 470 g/mol. The van der Waals surface area contributed by atoms with Gasteiger partial charge in [0.2, 0.25) is 11.6 Å². The van der Waals surface area contributed by atoms with Crippen LogP contribution < -0.4 is 9.99 Å². The van der Waals surface area contributed by atoms with Gasteiger partial charge in [0.1, 0.15) is 4.90 Å². The van der Waals surface area contributed by atoms with Crippen molar-refractivity contribution in [3.63, 3.8) is 0 Å². The zero-order chi connectivity index (χ0) is 22.9. The van der Waals surface area contributed by atoms with Gasteiger partial charge in [-0.3, -0.25) is 5.04 Å². The first-order valence-corrected chi connectivity index (χ1v) is 11.9. The van der Waals surface area contributed by atoms with Gasteiger partial charge < -0.3 is 9.99 Å². The van der Waals surface area contributed by atoms with Crippen molar-refractivity contribution in [2.75, 3.05) is 6.61 Å². The molecule has 0 aliphatic rings. The summed E-state index contributed by atoms with van der Waals surface area (Å²) in [6.45, 7) is 2.16. The second kappa shape index (κ2) is 17.5. The summed E-state index contributed by atoms with van der Waals surface area (Å²) in [6, 6.07) is 0. The average Bonchev–Trinajstić information content (AvgIpc) is 2.77. The summed E-state index contributed by atoms with van der Waals surface area (Å²) >= 11 is -0.260. The van der Waals surface area contributed by atoms with Crippen molar-refractivity contribution in [2.24, 2.45) is 0 Å². The second-order valence-electron chi connectivity index (χ2n) is 7.58. The van der Waals surface area contributed by atoms with E-state index >= 15 is 0 Å². The number of hydrogen-bond donors (Lipinski definition) is 0. The number of benzene rings is 1. The molecule has 0 heterocycles. The molecule has 1 aromatic rings. The fourth-order valence-corrected chi connectivity index (χ4v) is 3.73. The normalized spacial score (nSPS) is 11.3. The van der Waals surface area contributed by atoms with E-state index in [9.17, 15) is 22.8 Å². The molecule has 0 fully saturated rings. The van der Waals surface area contributed by atoms with Crippen molar-refractivity contribution in [1.29, 1.82) is 0 Å². The van der Waals surface area contributed by atoms with E-state index in [0.717, 1.165) is 25.7 Å². The summed E-state index contributed by atoms with van der Waals surface area (Å²) in [5, 5.41) is 12.7. The molecule has 4 nitrogen and oxygen atoms in total. The molecule has 0 aromatic heterocycles. The second-order valence-corrected chi connectivity index (χ2v) is 8.29. The highest BCUT2D eigenvalue weighted by molar-refractivity contribution is 7.94. The van der Waals surface area contributed by atoms with Crippen LogP contribution in [-0.4, -0.2) is 6.61 Å². The zero-order valence-corrected chi connectivity index (χ0v) is 19.0. The number of hydrogen-bond acceptors (Lipinski definition) is 5. The Balaban J connectivity index is 2.14. The standard InChI is InChI=1S/C22H34F4O4S/c1-2-3-4-5-6-7-8-9-10-11-12-13-14-15-16-28-21-17(23)19(25)22(31-30-29-27)20(26)18(21)24/h27H,2-16H2,1H3/p-1. The number of halogens is 4. The Morgan fingerprint density at radius 3 is 1.48 bits per heavy atom. The molecule has 0 radical (unpaired) electrons. The Morgan fingerprint density at radius 1 is 0.645 bits per heavy atom. The highest BCUT2D eigenvalue weighted by Gasteiger charge is 2.27. The quantitative estimate of drug-likeness (QED) is 0.0530. The van der Waals surface area contributed by atoms with Gasteiger partial charge in [-0.2, -0.15) is 13.1 Å². The molecule has 1 rings (SSSR count). The van der Waals surface area contributed by atoms with Crippen LogP contribution in [-0.2, 0) is 9.37 Å². The molecule has 0 unspecified atom stereocenters. The molecule has 0 saturated heterocycles. The van der Waals surface area contributed by atoms with Crippen molar-refractivity contribution in [3.8, 4) is 5.75 Å². The topological polar surface area (TPSA) is 50.8 Å². The molecule has 0 spiro atoms. The summed E-state index contributed by atoms with van der Waals surface area (Å²) in [5.41, 5.74) is 0. The van der Waals surface area contributed by atoms with Crippen LogP contribution in [0.1, 0.15) is 96.8 Å². The largest absolute Gasteiger partial charge is 0.691 e. The Bertz CT molecular complexity index is 591. The van der Waals surface area contributed by atoms with E-state index in [2.05, 4.69) is 16.3 Å². The minimum Gasteiger partial charge on any atom is -0.691 e.